The van der Waals surface area contributed by atoms with E-state index >= 15 is 0 Å². The van der Waals surface area contributed by atoms with E-state index in [0.717, 1.165) is 48.4 Å². The summed E-state index contributed by atoms with van der Waals surface area (Å²) in [7, 11) is 1.90. The third-order valence-corrected chi connectivity index (χ3v) is 5.23. The molecule has 4 rings (SSSR count). The Bertz CT molecular complexity index is 957. The summed E-state index contributed by atoms with van der Waals surface area (Å²) < 4.78 is 1.77. The largest absolute Gasteiger partial charge is 0.315 e. The molecule has 1 amide bonds. The molecule has 3 aromatic rings. The lowest BCUT2D eigenvalue weighted by atomic mass is 10.0. The predicted molar refractivity (Wildman–Crippen MR) is 110 cm³/mol. The highest BCUT2D eigenvalue weighted by molar-refractivity contribution is 6.06. The summed E-state index contributed by atoms with van der Waals surface area (Å²) in [5.41, 5.74) is 3.76. The summed E-state index contributed by atoms with van der Waals surface area (Å²) in [5.74, 6) is 0.741. The first-order valence-electron chi connectivity index (χ1n) is 9.68. The fourth-order valence-corrected chi connectivity index (χ4v) is 3.73. The van der Waals surface area contributed by atoms with Crippen molar-refractivity contribution in [1.29, 1.82) is 0 Å². The third-order valence-electron chi connectivity index (χ3n) is 5.23. The van der Waals surface area contributed by atoms with E-state index in [2.05, 4.69) is 15.4 Å². The summed E-state index contributed by atoms with van der Waals surface area (Å²) in [6, 6.07) is 11.8. The maximum absolute atomic E-state index is 13.5. The van der Waals surface area contributed by atoms with Crippen LogP contribution in [0.25, 0.3) is 11.1 Å². The highest BCUT2D eigenvalue weighted by Gasteiger charge is 2.29. The fraction of sp³-hybridized carbons (Fsp3) is 0.318. The normalized spacial score (nSPS) is 16.7. The van der Waals surface area contributed by atoms with Gasteiger partial charge in [0.1, 0.15) is 5.82 Å². The van der Waals surface area contributed by atoms with Gasteiger partial charge >= 0.3 is 0 Å². The first-order chi connectivity index (χ1) is 13.6. The van der Waals surface area contributed by atoms with Gasteiger partial charge in [-0.05, 0) is 55.6 Å². The summed E-state index contributed by atoms with van der Waals surface area (Å²) in [6.45, 7) is 3.79. The molecular weight excluding hydrogens is 350 g/mol. The van der Waals surface area contributed by atoms with E-state index in [1.807, 2.05) is 67.7 Å². The second kappa shape index (κ2) is 7.94. The molecule has 1 aliphatic rings. The van der Waals surface area contributed by atoms with Crippen molar-refractivity contribution in [3.05, 3.63) is 66.1 Å². The molecule has 0 radical (unpaired) electrons. The van der Waals surface area contributed by atoms with Crippen LogP contribution < -0.4 is 10.2 Å². The molecule has 0 bridgehead atoms. The molecule has 1 aromatic carbocycles. The molecule has 28 heavy (non-hydrogen) atoms. The zero-order valence-corrected chi connectivity index (χ0v) is 16.3. The summed E-state index contributed by atoms with van der Waals surface area (Å²) >= 11 is 0. The average Bonchev–Trinajstić information content (AvgIpc) is 3.17. The van der Waals surface area contributed by atoms with Gasteiger partial charge in [-0.15, -0.1) is 0 Å². The zero-order chi connectivity index (χ0) is 19.5. The van der Waals surface area contributed by atoms with Crippen molar-refractivity contribution in [3.63, 3.8) is 0 Å². The molecule has 6 nitrogen and oxygen atoms in total. The Balaban J connectivity index is 1.66. The van der Waals surface area contributed by atoms with Crippen molar-refractivity contribution in [3.8, 4) is 11.1 Å². The lowest BCUT2D eigenvalue weighted by Crippen LogP contribution is -2.49. The Labute approximate surface area is 165 Å². The van der Waals surface area contributed by atoms with Crippen LogP contribution in [-0.4, -0.2) is 39.8 Å². The van der Waals surface area contributed by atoms with Crippen molar-refractivity contribution in [2.45, 2.75) is 25.8 Å². The SMILES string of the molecule is Cc1cccnc1N(C(=O)c1ccc(-c2cnn(C)c2)cc1)C1CCCNC1. The number of anilines is 1. The monoisotopic (exact) mass is 375 g/mol. The Morgan fingerprint density at radius 1 is 1.21 bits per heavy atom. The lowest BCUT2D eigenvalue weighted by Gasteiger charge is -2.34. The van der Waals surface area contributed by atoms with Crippen molar-refractivity contribution in [2.75, 3.05) is 18.0 Å². The Morgan fingerprint density at radius 3 is 2.68 bits per heavy atom. The highest BCUT2D eigenvalue weighted by atomic mass is 16.2. The zero-order valence-electron chi connectivity index (χ0n) is 16.3. The summed E-state index contributed by atoms with van der Waals surface area (Å²) in [4.78, 5) is 19.9. The van der Waals surface area contributed by atoms with E-state index in [0.29, 0.717) is 5.56 Å². The van der Waals surface area contributed by atoms with E-state index in [1.54, 1.807) is 10.9 Å². The van der Waals surface area contributed by atoms with E-state index < -0.39 is 0 Å². The minimum atomic E-state index is -0.00626. The van der Waals surface area contributed by atoms with Crippen molar-refractivity contribution < 1.29 is 4.79 Å². The molecule has 1 fully saturated rings. The molecule has 144 valence electrons. The molecule has 1 saturated heterocycles. The van der Waals surface area contributed by atoms with Crippen LogP contribution in [-0.2, 0) is 7.05 Å². The van der Waals surface area contributed by atoms with E-state index in [9.17, 15) is 4.79 Å². The van der Waals surface area contributed by atoms with Crippen molar-refractivity contribution in [2.24, 2.45) is 7.05 Å². The standard InChI is InChI=1S/C22H25N5O/c1-16-5-3-12-24-21(16)27(20-6-4-11-23-14-20)22(28)18-9-7-17(8-10-18)19-13-25-26(2)15-19/h3,5,7-10,12-13,15,20,23H,4,6,11,14H2,1-2H3. The first-order valence-corrected chi connectivity index (χ1v) is 9.68. The minimum Gasteiger partial charge on any atom is -0.315 e. The fourth-order valence-electron chi connectivity index (χ4n) is 3.73. The molecule has 0 spiro atoms. The van der Waals surface area contributed by atoms with Gasteiger partial charge in [0.15, 0.2) is 0 Å². The summed E-state index contributed by atoms with van der Waals surface area (Å²) in [6.07, 6.45) is 7.58. The van der Waals surface area contributed by atoms with Gasteiger partial charge in [0.25, 0.3) is 5.91 Å². The topological polar surface area (TPSA) is 63.1 Å². The van der Waals surface area contributed by atoms with E-state index in [4.69, 9.17) is 0 Å². The molecule has 1 N–H and O–H groups in total. The van der Waals surface area contributed by atoms with Gasteiger partial charge in [-0.2, -0.15) is 5.10 Å². The quantitative estimate of drug-likeness (QED) is 0.761. The molecule has 2 aromatic heterocycles. The smallest absolute Gasteiger partial charge is 0.259 e. The number of rotatable bonds is 4. The van der Waals surface area contributed by atoms with E-state index in [1.165, 1.54) is 0 Å². The maximum Gasteiger partial charge on any atom is 0.259 e. The number of hydrogen-bond donors (Lipinski definition) is 1. The number of nitrogens with zero attached hydrogens (tertiary/aromatic N) is 4. The van der Waals surface area contributed by atoms with Crippen molar-refractivity contribution >= 4 is 11.7 Å². The third kappa shape index (κ3) is 3.68. The van der Waals surface area contributed by atoms with Gasteiger partial charge in [-0.1, -0.05) is 18.2 Å². The van der Waals surface area contributed by atoms with Crippen LogP contribution in [0.4, 0.5) is 5.82 Å². The number of aromatic nitrogens is 3. The number of amides is 1. The first kappa shape index (κ1) is 18.4. The van der Waals surface area contributed by atoms with Crippen LogP contribution >= 0.6 is 0 Å². The van der Waals surface area contributed by atoms with Gasteiger partial charge in [0, 0.05) is 37.1 Å². The Morgan fingerprint density at radius 2 is 2.04 bits per heavy atom. The van der Waals surface area contributed by atoms with Gasteiger partial charge < -0.3 is 5.32 Å². The van der Waals surface area contributed by atoms with E-state index in [-0.39, 0.29) is 11.9 Å². The van der Waals surface area contributed by atoms with Crippen LogP contribution in [0.3, 0.4) is 0 Å². The number of aryl methyl sites for hydroxylation is 2. The molecule has 3 heterocycles. The second-order valence-corrected chi connectivity index (χ2v) is 7.30. The summed E-state index contributed by atoms with van der Waals surface area (Å²) in [5, 5.41) is 7.63. The molecule has 1 unspecified atom stereocenters. The average molecular weight is 375 g/mol. The van der Waals surface area contributed by atoms with Crippen LogP contribution in [0.5, 0.6) is 0 Å². The maximum atomic E-state index is 13.5. The molecule has 1 aliphatic heterocycles. The molecular formula is C22H25N5O. The molecule has 0 saturated carbocycles. The van der Waals surface area contributed by atoms with Crippen LogP contribution in [0, 0.1) is 6.92 Å². The van der Waals surface area contributed by atoms with Gasteiger partial charge in [-0.3, -0.25) is 14.4 Å². The number of piperidine rings is 1. The predicted octanol–water partition coefficient (Wildman–Crippen LogP) is 3.19. The number of carbonyl (C=O) groups excluding carboxylic acids is 1. The second-order valence-electron chi connectivity index (χ2n) is 7.30. The van der Waals surface area contributed by atoms with Crippen LogP contribution in [0.1, 0.15) is 28.8 Å². The van der Waals surface area contributed by atoms with Crippen molar-refractivity contribution in [1.82, 2.24) is 20.1 Å². The van der Waals surface area contributed by atoms with Gasteiger partial charge in [0.2, 0.25) is 0 Å². The number of nitrogens with one attached hydrogen (secondary N) is 1. The van der Waals surface area contributed by atoms with Crippen LogP contribution in [0.15, 0.2) is 55.0 Å². The number of benzene rings is 1. The number of hydrogen-bond acceptors (Lipinski definition) is 4. The Hall–Kier alpha value is -2.99. The minimum absolute atomic E-state index is 0.00626. The molecule has 1 atom stereocenters. The number of pyridine rings is 1. The van der Waals surface area contributed by atoms with Gasteiger partial charge in [0.05, 0.1) is 12.2 Å². The molecule has 0 aliphatic carbocycles. The highest BCUT2D eigenvalue weighted by Crippen LogP contribution is 2.26. The molecule has 6 heteroatoms. The number of carbonyl (C=O) groups is 1. The van der Waals surface area contributed by atoms with Crippen LogP contribution in [0.2, 0.25) is 0 Å². The Kier molecular flexibility index (Phi) is 5.21. The lowest BCUT2D eigenvalue weighted by molar-refractivity contribution is 0.0971. The van der Waals surface area contributed by atoms with Gasteiger partial charge in [-0.25, -0.2) is 4.98 Å².